The number of aromatic nitrogens is 4. The summed E-state index contributed by atoms with van der Waals surface area (Å²) in [5.74, 6) is 0.0864. The van der Waals surface area contributed by atoms with Crippen LogP contribution in [0, 0.1) is 5.92 Å². The van der Waals surface area contributed by atoms with Gasteiger partial charge in [0.25, 0.3) is 5.91 Å². The molecule has 0 saturated heterocycles. The molecule has 3 atom stereocenters. The maximum absolute atomic E-state index is 12.8. The Kier molecular flexibility index (Phi) is 6.34. The van der Waals surface area contributed by atoms with Gasteiger partial charge in [0.05, 0.1) is 5.92 Å². The number of carbonyl (C=O) groups excluding carboxylic acids is 2. The fourth-order valence-corrected chi connectivity index (χ4v) is 4.08. The van der Waals surface area contributed by atoms with Crippen molar-refractivity contribution >= 4 is 11.8 Å². The summed E-state index contributed by atoms with van der Waals surface area (Å²) in [6.07, 6.45) is 2.78. The molecular weight excluding hydrogens is 408 g/mol. The highest BCUT2D eigenvalue weighted by Crippen LogP contribution is 2.39. The Hall–Kier alpha value is -3.49. The summed E-state index contributed by atoms with van der Waals surface area (Å²) in [4.78, 5) is 30.1. The van der Waals surface area contributed by atoms with Crippen molar-refractivity contribution in [1.29, 1.82) is 0 Å². The van der Waals surface area contributed by atoms with E-state index in [1.807, 2.05) is 51.1 Å². The number of hydrogen-bond acceptors (Lipinski definition) is 6. The van der Waals surface area contributed by atoms with Crippen molar-refractivity contribution in [2.24, 2.45) is 5.92 Å². The third-order valence-electron chi connectivity index (χ3n) is 5.67. The van der Waals surface area contributed by atoms with Gasteiger partial charge in [0.2, 0.25) is 17.6 Å². The second-order valence-electron chi connectivity index (χ2n) is 8.40. The zero-order valence-electron chi connectivity index (χ0n) is 18.5. The van der Waals surface area contributed by atoms with Crippen molar-refractivity contribution in [3.05, 3.63) is 54.2 Å². The number of nitrogens with one attached hydrogen (secondary N) is 2. The normalized spacial score (nSPS) is 20.4. The number of aryl methyl sites for hydroxylation is 1. The van der Waals surface area contributed by atoms with Gasteiger partial charge in [-0.25, -0.2) is 0 Å². The van der Waals surface area contributed by atoms with Crippen molar-refractivity contribution < 1.29 is 14.1 Å². The van der Waals surface area contributed by atoms with E-state index in [1.54, 1.807) is 16.9 Å². The monoisotopic (exact) mass is 436 g/mol. The fourth-order valence-electron chi connectivity index (χ4n) is 4.08. The van der Waals surface area contributed by atoms with Crippen LogP contribution in [0.25, 0.3) is 11.4 Å². The van der Waals surface area contributed by atoms with Crippen molar-refractivity contribution in [3.8, 4) is 11.4 Å². The van der Waals surface area contributed by atoms with E-state index in [-0.39, 0.29) is 35.7 Å². The van der Waals surface area contributed by atoms with Crippen LogP contribution in [0.5, 0.6) is 0 Å². The van der Waals surface area contributed by atoms with Gasteiger partial charge < -0.3 is 15.2 Å². The molecule has 1 fully saturated rings. The summed E-state index contributed by atoms with van der Waals surface area (Å²) >= 11 is 0. The minimum atomic E-state index is -0.318. The standard InChI is InChI=1S/C23H28N6O3/c1-4-29-11-10-18(27-29)22(31)25-19-13-16(21(30)24-14(2)3)12-17(19)23-26-20(28-32-23)15-8-6-5-7-9-15/h5-11,14,16-17,19H,4,12-13H2,1-3H3,(H,24,30)(H,25,31)/t16-,17-,19+/m1/s1. The van der Waals surface area contributed by atoms with Crippen LogP contribution in [0.2, 0.25) is 0 Å². The van der Waals surface area contributed by atoms with Crippen LogP contribution in [0.1, 0.15) is 55.9 Å². The van der Waals surface area contributed by atoms with Crippen LogP contribution in [0.4, 0.5) is 0 Å². The Morgan fingerprint density at radius 1 is 1.19 bits per heavy atom. The Morgan fingerprint density at radius 3 is 2.66 bits per heavy atom. The van der Waals surface area contributed by atoms with Crippen molar-refractivity contribution in [1.82, 2.24) is 30.6 Å². The summed E-state index contributed by atoms with van der Waals surface area (Å²) in [5, 5.41) is 14.4. The lowest BCUT2D eigenvalue weighted by Crippen LogP contribution is -2.38. The van der Waals surface area contributed by atoms with Crippen molar-refractivity contribution in [2.75, 3.05) is 0 Å². The molecule has 2 amide bonds. The lowest BCUT2D eigenvalue weighted by Gasteiger charge is -2.17. The molecule has 9 nitrogen and oxygen atoms in total. The molecule has 1 saturated carbocycles. The SMILES string of the molecule is CCn1ccc(C(=O)N[C@H]2C[C@H](C(=O)NC(C)C)C[C@H]2c2nc(-c3ccccc3)no2)n1. The quantitative estimate of drug-likeness (QED) is 0.589. The van der Waals surface area contributed by atoms with Gasteiger partial charge in [0, 0.05) is 36.3 Å². The Balaban J connectivity index is 1.56. The molecule has 2 N–H and O–H groups in total. The number of carbonyl (C=O) groups is 2. The molecule has 1 aliphatic rings. The number of rotatable bonds is 7. The highest BCUT2D eigenvalue weighted by molar-refractivity contribution is 5.92. The Labute approximate surface area is 186 Å². The average Bonchev–Trinajstić information content (AvgIpc) is 3.53. The van der Waals surface area contributed by atoms with Crippen LogP contribution in [-0.2, 0) is 11.3 Å². The van der Waals surface area contributed by atoms with Gasteiger partial charge in [-0.2, -0.15) is 10.1 Å². The van der Waals surface area contributed by atoms with Gasteiger partial charge in [-0.1, -0.05) is 35.5 Å². The second kappa shape index (κ2) is 9.33. The van der Waals surface area contributed by atoms with Gasteiger partial charge >= 0.3 is 0 Å². The van der Waals surface area contributed by atoms with E-state index in [4.69, 9.17) is 4.52 Å². The molecule has 1 aromatic carbocycles. The molecular formula is C23H28N6O3. The topological polar surface area (TPSA) is 115 Å². The zero-order chi connectivity index (χ0) is 22.7. The minimum Gasteiger partial charge on any atom is -0.354 e. The van der Waals surface area contributed by atoms with Gasteiger partial charge in [-0.05, 0) is 39.7 Å². The third-order valence-corrected chi connectivity index (χ3v) is 5.67. The number of amides is 2. The van der Waals surface area contributed by atoms with E-state index in [9.17, 15) is 9.59 Å². The van der Waals surface area contributed by atoms with Crippen LogP contribution < -0.4 is 10.6 Å². The van der Waals surface area contributed by atoms with Crippen LogP contribution in [0.15, 0.2) is 47.1 Å². The molecule has 0 bridgehead atoms. The average molecular weight is 437 g/mol. The maximum Gasteiger partial charge on any atom is 0.272 e. The third kappa shape index (κ3) is 4.71. The first-order valence-corrected chi connectivity index (χ1v) is 11.0. The summed E-state index contributed by atoms with van der Waals surface area (Å²) in [7, 11) is 0. The van der Waals surface area contributed by atoms with Crippen LogP contribution in [-0.4, -0.2) is 43.8 Å². The van der Waals surface area contributed by atoms with Gasteiger partial charge in [-0.3, -0.25) is 14.3 Å². The van der Waals surface area contributed by atoms with E-state index < -0.39 is 0 Å². The lowest BCUT2D eigenvalue weighted by atomic mass is 10.0. The van der Waals surface area contributed by atoms with E-state index in [1.165, 1.54) is 0 Å². The molecule has 3 aromatic rings. The van der Waals surface area contributed by atoms with Gasteiger partial charge in [0.1, 0.15) is 5.69 Å². The first-order chi connectivity index (χ1) is 15.4. The van der Waals surface area contributed by atoms with Crippen LogP contribution >= 0.6 is 0 Å². The largest absolute Gasteiger partial charge is 0.354 e. The van der Waals surface area contributed by atoms with E-state index >= 15 is 0 Å². The number of nitrogens with zero attached hydrogens (tertiary/aromatic N) is 4. The first kappa shape index (κ1) is 21.7. The molecule has 4 rings (SSSR count). The summed E-state index contributed by atoms with van der Waals surface area (Å²) < 4.78 is 7.29. The fraction of sp³-hybridized carbons (Fsp3) is 0.435. The molecule has 0 aliphatic heterocycles. The van der Waals surface area contributed by atoms with E-state index in [0.29, 0.717) is 36.8 Å². The molecule has 1 aliphatic carbocycles. The van der Waals surface area contributed by atoms with Crippen LogP contribution in [0.3, 0.4) is 0 Å². The number of hydrogen-bond donors (Lipinski definition) is 2. The summed E-state index contributed by atoms with van der Waals surface area (Å²) in [6.45, 7) is 6.50. The van der Waals surface area contributed by atoms with Crippen molar-refractivity contribution in [2.45, 2.75) is 58.2 Å². The molecule has 32 heavy (non-hydrogen) atoms. The highest BCUT2D eigenvalue weighted by Gasteiger charge is 2.42. The maximum atomic E-state index is 12.8. The van der Waals surface area contributed by atoms with Crippen molar-refractivity contribution in [3.63, 3.8) is 0 Å². The Morgan fingerprint density at radius 2 is 1.97 bits per heavy atom. The molecule has 0 radical (unpaired) electrons. The zero-order valence-corrected chi connectivity index (χ0v) is 18.5. The molecule has 2 aromatic heterocycles. The molecule has 168 valence electrons. The van der Waals surface area contributed by atoms with E-state index in [0.717, 1.165) is 5.56 Å². The molecule has 0 spiro atoms. The summed E-state index contributed by atoms with van der Waals surface area (Å²) in [6, 6.07) is 11.0. The predicted molar refractivity (Wildman–Crippen MR) is 118 cm³/mol. The highest BCUT2D eigenvalue weighted by atomic mass is 16.5. The molecule has 0 unspecified atom stereocenters. The number of benzene rings is 1. The van der Waals surface area contributed by atoms with E-state index in [2.05, 4.69) is 25.9 Å². The Bertz CT molecular complexity index is 1070. The molecule has 2 heterocycles. The minimum absolute atomic E-state index is 0.0280. The first-order valence-electron chi connectivity index (χ1n) is 11.0. The predicted octanol–water partition coefficient (Wildman–Crippen LogP) is 2.77. The molecule has 9 heteroatoms. The van der Waals surface area contributed by atoms with Gasteiger partial charge in [0.15, 0.2) is 0 Å². The van der Waals surface area contributed by atoms with Gasteiger partial charge in [-0.15, -0.1) is 0 Å². The summed E-state index contributed by atoms with van der Waals surface area (Å²) in [5.41, 5.74) is 1.19. The lowest BCUT2D eigenvalue weighted by molar-refractivity contribution is -0.125. The second-order valence-corrected chi connectivity index (χ2v) is 8.40. The smallest absolute Gasteiger partial charge is 0.272 e.